The van der Waals surface area contributed by atoms with Crippen LogP contribution in [0, 0.1) is 28.9 Å². The summed E-state index contributed by atoms with van der Waals surface area (Å²) < 4.78 is 10.5. The molecule has 1 amide bonds. The van der Waals surface area contributed by atoms with E-state index in [1.807, 2.05) is 30.3 Å². The van der Waals surface area contributed by atoms with Gasteiger partial charge in [0.1, 0.15) is 30.1 Å². The summed E-state index contributed by atoms with van der Waals surface area (Å²) in [6.07, 6.45) is 0.276. The number of hydrogen-bond acceptors (Lipinski definition) is 7. The number of nitrogens with one attached hydrogen (secondary N) is 1. The topological polar surface area (TPSA) is 121 Å². The van der Waals surface area contributed by atoms with Crippen molar-refractivity contribution >= 4 is 17.7 Å². The zero-order valence-corrected chi connectivity index (χ0v) is 18.4. The molecular weight excluding hydrogens is 414 g/mol. The highest BCUT2D eigenvalue weighted by Crippen LogP contribution is 2.14. The Morgan fingerprint density at radius 1 is 1.25 bits per heavy atom. The van der Waals surface area contributed by atoms with E-state index in [0.717, 1.165) is 11.8 Å². The van der Waals surface area contributed by atoms with E-state index >= 15 is 0 Å². The van der Waals surface area contributed by atoms with Crippen molar-refractivity contribution in [1.82, 2.24) is 10.3 Å². The molecule has 32 heavy (non-hydrogen) atoms. The van der Waals surface area contributed by atoms with E-state index in [1.54, 1.807) is 27.7 Å². The highest BCUT2D eigenvalue weighted by Gasteiger charge is 2.25. The predicted octanol–water partition coefficient (Wildman–Crippen LogP) is 3.68. The van der Waals surface area contributed by atoms with Gasteiger partial charge < -0.3 is 14.8 Å². The molecule has 0 aliphatic heterocycles. The van der Waals surface area contributed by atoms with Gasteiger partial charge >= 0.3 is 12.1 Å². The molecule has 0 aliphatic rings. The first-order valence-electron chi connectivity index (χ1n) is 9.85. The number of pyridine rings is 1. The number of carbonyl (C=O) groups is 2. The van der Waals surface area contributed by atoms with E-state index in [-0.39, 0.29) is 18.7 Å². The number of nitrogens with zero attached hydrogens (tertiary/aromatic N) is 2. The van der Waals surface area contributed by atoms with Crippen LogP contribution in [0.15, 0.2) is 42.6 Å². The van der Waals surface area contributed by atoms with Crippen LogP contribution in [0.5, 0.6) is 0 Å². The molecule has 0 aliphatic carbocycles. The fraction of sp³-hybridized carbons (Fsp3) is 0.348. The van der Waals surface area contributed by atoms with Gasteiger partial charge in [0.25, 0.3) is 5.69 Å². The van der Waals surface area contributed by atoms with E-state index in [4.69, 9.17) is 9.47 Å². The fourth-order valence-electron chi connectivity index (χ4n) is 2.50. The van der Waals surface area contributed by atoms with Crippen molar-refractivity contribution in [2.45, 2.75) is 52.4 Å². The summed E-state index contributed by atoms with van der Waals surface area (Å²) in [7, 11) is 0. The molecule has 0 radical (unpaired) electrons. The molecule has 9 heteroatoms. The number of rotatable bonds is 6. The number of hydrogen-bond donors (Lipinski definition) is 1. The Labute approximate surface area is 186 Å². The van der Waals surface area contributed by atoms with Gasteiger partial charge in [-0.05, 0) is 44.7 Å². The third-order valence-corrected chi connectivity index (χ3v) is 3.99. The lowest BCUT2D eigenvalue weighted by Crippen LogP contribution is -2.44. The Bertz CT molecular complexity index is 1040. The van der Waals surface area contributed by atoms with Crippen LogP contribution in [-0.4, -0.2) is 33.6 Å². The molecule has 0 bridgehead atoms. The number of nitro groups is 1. The molecule has 1 unspecified atom stereocenters. The Kier molecular flexibility index (Phi) is 8.30. The molecule has 168 valence electrons. The van der Waals surface area contributed by atoms with Gasteiger partial charge in [0.15, 0.2) is 0 Å². The van der Waals surface area contributed by atoms with Gasteiger partial charge in [-0.2, -0.15) is 0 Å². The van der Waals surface area contributed by atoms with Crippen molar-refractivity contribution < 1.29 is 24.0 Å². The summed E-state index contributed by atoms with van der Waals surface area (Å²) in [5.41, 5.74) is 0.781. The second-order valence-corrected chi connectivity index (χ2v) is 7.91. The van der Waals surface area contributed by atoms with Crippen molar-refractivity contribution in [2.24, 2.45) is 0 Å². The van der Waals surface area contributed by atoms with Crippen LogP contribution in [0.3, 0.4) is 0 Å². The number of carbonyl (C=O) groups excluding carboxylic acids is 2. The van der Waals surface area contributed by atoms with Crippen molar-refractivity contribution in [3.63, 3.8) is 0 Å². The predicted molar refractivity (Wildman–Crippen MR) is 117 cm³/mol. The molecule has 1 heterocycles. The van der Waals surface area contributed by atoms with Crippen LogP contribution in [0.1, 0.15) is 44.0 Å². The number of aryl methyl sites for hydroxylation is 1. The second kappa shape index (κ2) is 10.9. The Hall–Kier alpha value is -3.93. The number of esters is 1. The van der Waals surface area contributed by atoms with Crippen molar-refractivity contribution in [3.05, 3.63) is 69.5 Å². The number of benzene rings is 1. The van der Waals surface area contributed by atoms with E-state index in [9.17, 15) is 19.7 Å². The zero-order chi connectivity index (χ0) is 23.7. The maximum atomic E-state index is 12.6. The van der Waals surface area contributed by atoms with E-state index in [0.29, 0.717) is 11.3 Å². The molecule has 0 saturated heterocycles. The highest BCUT2D eigenvalue weighted by molar-refractivity contribution is 5.81. The summed E-state index contributed by atoms with van der Waals surface area (Å²) in [5.74, 6) is 4.90. The van der Waals surface area contributed by atoms with Crippen molar-refractivity contribution in [3.8, 4) is 11.8 Å². The maximum absolute atomic E-state index is 12.6. The number of aromatic nitrogens is 1. The first-order valence-corrected chi connectivity index (χ1v) is 9.85. The summed E-state index contributed by atoms with van der Waals surface area (Å²) >= 11 is 0. The quantitative estimate of drug-likeness (QED) is 0.315. The first-order chi connectivity index (χ1) is 15.0. The van der Waals surface area contributed by atoms with Gasteiger partial charge in [0, 0.05) is 12.5 Å². The smallest absolute Gasteiger partial charge is 0.408 e. The van der Waals surface area contributed by atoms with Crippen LogP contribution in [-0.2, 0) is 20.9 Å². The summed E-state index contributed by atoms with van der Waals surface area (Å²) in [6.45, 7) is 6.81. The number of ether oxygens (including phenoxy) is 2. The standard InChI is InChI=1S/C23H25N3O6/c1-16-13-18(26(29)30)14-24-19(16)11-8-12-20(25-22(28)32-23(2,3)4)21(27)31-15-17-9-6-5-7-10-17/h5-7,9-10,13-14,20H,12,15H2,1-4H3,(H,25,28). The zero-order valence-electron chi connectivity index (χ0n) is 18.4. The maximum Gasteiger partial charge on any atom is 0.408 e. The van der Waals surface area contributed by atoms with Gasteiger partial charge in [-0.1, -0.05) is 36.3 Å². The monoisotopic (exact) mass is 439 g/mol. The third kappa shape index (κ3) is 8.07. The minimum absolute atomic E-state index is 0.0443. The molecule has 0 fully saturated rings. The summed E-state index contributed by atoms with van der Waals surface area (Å²) in [6, 6.07) is 9.41. The van der Waals surface area contributed by atoms with Gasteiger partial charge in [-0.3, -0.25) is 10.1 Å². The van der Waals surface area contributed by atoms with Crippen LogP contribution in [0.25, 0.3) is 0 Å². The molecule has 1 N–H and O–H groups in total. The largest absolute Gasteiger partial charge is 0.459 e. The molecular formula is C23H25N3O6. The molecule has 9 nitrogen and oxygen atoms in total. The highest BCUT2D eigenvalue weighted by atomic mass is 16.6. The molecule has 1 atom stereocenters. The van der Waals surface area contributed by atoms with Crippen LogP contribution in [0.4, 0.5) is 10.5 Å². The Balaban J connectivity index is 2.12. The Morgan fingerprint density at radius 2 is 1.94 bits per heavy atom. The molecule has 0 spiro atoms. The second-order valence-electron chi connectivity index (χ2n) is 7.91. The van der Waals surface area contributed by atoms with E-state index < -0.39 is 28.6 Å². The minimum Gasteiger partial charge on any atom is -0.459 e. The molecule has 2 aromatic rings. The number of alkyl carbamates (subject to hydrolysis) is 1. The molecule has 1 aromatic heterocycles. The molecule has 1 aromatic carbocycles. The molecule has 0 saturated carbocycles. The van der Waals surface area contributed by atoms with Crippen molar-refractivity contribution in [2.75, 3.05) is 0 Å². The van der Waals surface area contributed by atoms with Gasteiger partial charge in [-0.15, -0.1) is 0 Å². The van der Waals surface area contributed by atoms with E-state index in [1.165, 1.54) is 6.07 Å². The lowest BCUT2D eigenvalue weighted by atomic mass is 10.1. The fourth-order valence-corrected chi connectivity index (χ4v) is 2.50. The SMILES string of the molecule is Cc1cc([N+](=O)[O-])cnc1C#CCC(NC(=O)OC(C)(C)C)C(=O)OCc1ccccc1. The van der Waals surface area contributed by atoms with Gasteiger partial charge in [0.05, 0.1) is 4.92 Å². The van der Waals surface area contributed by atoms with E-state index in [2.05, 4.69) is 22.1 Å². The molecule has 2 rings (SSSR count). The third-order valence-electron chi connectivity index (χ3n) is 3.99. The summed E-state index contributed by atoms with van der Waals surface area (Å²) in [5, 5.41) is 13.3. The van der Waals surface area contributed by atoms with Crippen molar-refractivity contribution in [1.29, 1.82) is 0 Å². The van der Waals surface area contributed by atoms with Gasteiger partial charge in [-0.25, -0.2) is 14.6 Å². The van der Waals surface area contributed by atoms with Crippen LogP contribution >= 0.6 is 0 Å². The van der Waals surface area contributed by atoms with Crippen LogP contribution in [0.2, 0.25) is 0 Å². The average molecular weight is 439 g/mol. The lowest BCUT2D eigenvalue weighted by molar-refractivity contribution is -0.385. The minimum atomic E-state index is -1.07. The first kappa shape index (κ1) is 24.3. The summed E-state index contributed by atoms with van der Waals surface area (Å²) in [4.78, 5) is 39.0. The Morgan fingerprint density at radius 3 is 2.53 bits per heavy atom. The average Bonchev–Trinajstić information content (AvgIpc) is 2.71. The lowest BCUT2D eigenvalue weighted by Gasteiger charge is -2.22. The van der Waals surface area contributed by atoms with Gasteiger partial charge in [0.2, 0.25) is 0 Å². The normalized spacial score (nSPS) is 11.5. The van der Waals surface area contributed by atoms with Crippen LogP contribution < -0.4 is 5.32 Å². The number of amides is 1.